The van der Waals surface area contributed by atoms with Crippen molar-refractivity contribution in [3.05, 3.63) is 30.1 Å². The minimum Gasteiger partial charge on any atom is -0.330 e. The van der Waals surface area contributed by atoms with E-state index in [-0.39, 0.29) is 11.2 Å². The molecule has 2 rings (SSSR count). The van der Waals surface area contributed by atoms with Crippen molar-refractivity contribution < 1.29 is 8.42 Å². The van der Waals surface area contributed by atoms with Gasteiger partial charge in [0.05, 0.1) is 5.75 Å². The van der Waals surface area contributed by atoms with Crippen LogP contribution < -0.4 is 10.5 Å². The molecule has 1 heterocycles. The summed E-state index contributed by atoms with van der Waals surface area (Å²) >= 11 is 0. The molecule has 0 unspecified atom stereocenters. The number of nitrogens with zero attached hydrogens (tertiary/aromatic N) is 1. The summed E-state index contributed by atoms with van der Waals surface area (Å²) in [6, 6.07) is 5.50. The fourth-order valence-corrected chi connectivity index (χ4v) is 2.90. The first kappa shape index (κ1) is 13.5. The van der Waals surface area contributed by atoms with Gasteiger partial charge in [-0.15, -0.1) is 0 Å². The van der Waals surface area contributed by atoms with Gasteiger partial charge < -0.3 is 5.73 Å². The Bertz CT molecular complexity index is 483. The third-order valence-electron chi connectivity index (χ3n) is 3.41. The zero-order chi connectivity index (χ0) is 13.1. The SMILES string of the molecule is NCC1(CNS(=O)(=O)CCc2ccccn2)CC1. The van der Waals surface area contributed by atoms with Crippen molar-refractivity contribution in [2.75, 3.05) is 18.8 Å². The number of hydrogen-bond donors (Lipinski definition) is 2. The second kappa shape index (κ2) is 5.34. The summed E-state index contributed by atoms with van der Waals surface area (Å²) in [5, 5.41) is 0. The predicted octanol–water partition coefficient (Wildman–Crippen LogP) is 0.282. The lowest BCUT2D eigenvalue weighted by Crippen LogP contribution is -2.35. The number of hydrogen-bond acceptors (Lipinski definition) is 4. The van der Waals surface area contributed by atoms with E-state index in [0.717, 1.165) is 18.5 Å². The highest BCUT2D eigenvalue weighted by atomic mass is 32.2. The fraction of sp³-hybridized carbons (Fsp3) is 0.583. The van der Waals surface area contributed by atoms with Gasteiger partial charge in [-0.05, 0) is 36.9 Å². The highest BCUT2D eigenvalue weighted by Gasteiger charge is 2.41. The molecule has 0 spiro atoms. The Kier molecular flexibility index (Phi) is 3.99. The van der Waals surface area contributed by atoms with Gasteiger partial charge in [-0.2, -0.15) is 0 Å². The number of sulfonamides is 1. The summed E-state index contributed by atoms with van der Waals surface area (Å²) in [5.74, 6) is 0.0741. The van der Waals surface area contributed by atoms with Crippen LogP contribution in [0.1, 0.15) is 18.5 Å². The van der Waals surface area contributed by atoms with E-state index < -0.39 is 10.0 Å². The molecule has 0 aliphatic heterocycles. The van der Waals surface area contributed by atoms with Crippen molar-refractivity contribution in [2.24, 2.45) is 11.1 Å². The molecule has 1 aliphatic carbocycles. The molecule has 100 valence electrons. The van der Waals surface area contributed by atoms with E-state index in [2.05, 4.69) is 9.71 Å². The minimum absolute atomic E-state index is 0.0259. The average molecular weight is 269 g/mol. The first-order valence-electron chi connectivity index (χ1n) is 6.13. The maximum Gasteiger partial charge on any atom is 0.211 e. The number of nitrogens with one attached hydrogen (secondary N) is 1. The number of nitrogens with two attached hydrogens (primary N) is 1. The zero-order valence-electron chi connectivity index (χ0n) is 10.3. The molecule has 1 aromatic rings. The molecule has 18 heavy (non-hydrogen) atoms. The summed E-state index contributed by atoms with van der Waals surface area (Å²) in [7, 11) is -3.23. The second-order valence-corrected chi connectivity index (χ2v) is 6.84. The normalized spacial score (nSPS) is 17.6. The molecule has 3 N–H and O–H groups in total. The molecule has 1 fully saturated rings. The van der Waals surface area contributed by atoms with Crippen LogP contribution in [0.4, 0.5) is 0 Å². The molecule has 0 aromatic carbocycles. The van der Waals surface area contributed by atoms with Gasteiger partial charge in [0.2, 0.25) is 10.0 Å². The van der Waals surface area contributed by atoms with E-state index in [1.54, 1.807) is 6.20 Å². The summed E-state index contributed by atoms with van der Waals surface area (Å²) in [6.07, 6.45) is 4.15. The van der Waals surface area contributed by atoms with Crippen LogP contribution in [0.5, 0.6) is 0 Å². The van der Waals surface area contributed by atoms with E-state index in [1.807, 2.05) is 18.2 Å². The molecule has 0 radical (unpaired) electrons. The number of aryl methyl sites for hydroxylation is 1. The molecule has 0 saturated heterocycles. The van der Waals surface area contributed by atoms with Crippen LogP contribution in [0.2, 0.25) is 0 Å². The summed E-state index contributed by atoms with van der Waals surface area (Å²) in [4.78, 5) is 4.11. The van der Waals surface area contributed by atoms with Crippen molar-refractivity contribution in [2.45, 2.75) is 19.3 Å². The van der Waals surface area contributed by atoms with Gasteiger partial charge in [0, 0.05) is 24.9 Å². The molecule has 1 aromatic heterocycles. The third kappa shape index (κ3) is 3.76. The predicted molar refractivity (Wildman–Crippen MR) is 70.5 cm³/mol. The standard InChI is InChI=1S/C12H19N3O2S/c13-9-12(5-6-12)10-15-18(16,17)8-4-11-3-1-2-7-14-11/h1-3,7,15H,4-6,8-10,13H2. The van der Waals surface area contributed by atoms with E-state index in [4.69, 9.17) is 5.73 Å². The molecule has 1 aliphatic rings. The van der Waals surface area contributed by atoms with Crippen molar-refractivity contribution in [3.63, 3.8) is 0 Å². The van der Waals surface area contributed by atoms with Crippen LogP contribution in [-0.2, 0) is 16.4 Å². The smallest absolute Gasteiger partial charge is 0.211 e. The van der Waals surface area contributed by atoms with E-state index in [0.29, 0.717) is 19.5 Å². The Morgan fingerprint density at radius 2 is 2.17 bits per heavy atom. The third-order valence-corrected chi connectivity index (χ3v) is 4.74. The molecule has 1 saturated carbocycles. The van der Waals surface area contributed by atoms with Crippen LogP contribution in [0.25, 0.3) is 0 Å². The maximum atomic E-state index is 11.8. The Balaban J connectivity index is 1.81. The Labute approximate surface area is 108 Å². The quantitative estimate of drug-likeness (QED) is 0.744. The largest absolute Gasteiger partial charge is 0.330 e. The first-order chi connectivity index (χ1) is 8.55. The Morgan fingerprint density at radius 3 is 2.72 bits per heavy atom. The summed E-state index contributed by atoms with van der Waals surface area (Å²) in [5.41, 5.74) is 6.44. The van der Waals surface area contributed by atoms with Gasteiger partial charge in [0.1, 0.15) is 0 Å². The molecular formula is C12H19N3O2S. The number of pyridine rings is 1. The van der Waals surface area contributed by atoms with Crippen LogP contribution >= 0.6 is 0 Å². The lowest BCUT2D eigenvalue weighted by molar-refractivity contribution is 0.500. The molecule has 0 bridgehead atoms. The fourth-order valence-electron chi connectivity index (χ4n) is 1.75. The minimum atomic E-state index is -3.23. The van der Waals surface area contributed by atoms with Gasteiger partial charge in [-0.1, -0.05) is 6.07 Å². The maximum absolute atomic E-state index is 11.8. The van der Waals surface area contributed by atoms with Gasteiger partial charge in [0.25, 0.3) is 0 Å². The van der Waals surface area contributed by atoms with Crippen molar-refractivity contribution in [3.8, 4) is 0 Å². The van der Waals surface area contributed by atoms with Gasteiger partial charge >= 0.3 is 0 Å². The van der Waals surface area contributed by atoms with Crippen LogP contribution in [0.15, 0.2) is 24.4 Å². The van der Waals surface area contributed by atoms with Crippen LogP contribution in [0, 0.1) is 5.41 Å². The van der Waals surface area contributed by atoms with E-state index in [9.17, 15) is 8.42 Å². The Hall–Kier alpha value is -0.980. The lowest BCUT2D eigenvalue weighted by Gasteiger charge is -2.13. The summed E-state index contributed by atoms with van der Waals surface area (Å²) in [6.45, 7) is 1.02. The van der Waals surface area contributed by atoms with E-state index in [1.165, 1.54) is 0 Å². The number of aromatic nitrogens is 1. The topological polar surface area (TPSA) is 85.1 Å². The van der Waals surface area contributed by atoms with Crippen LogP contribution in [0.3, 0.4) is 0 Å². The first-order valence-corrected chi connectivity index (χ1v) is 7.78. The average Bonchev–Trinajstić information content (AvgIpc) is 3.17. The van der Waals surface area contributed by atoms with Crippen LogP contribution in [-0.4, -0.2) is 32.2 Å². The summed E-state index contributed by atoms with van der Waals surface area (Å²) < 4.78 is 26.3. The van der Waals surface area contributed by atoms with E-state index >= 15 is 0 Å². The van der Waals surface area contributed by atoms with Gasteiger partial charge in [-0.25, -0.2) is 13.1 Å². The lowest BCUT2D eigenvalue weighted by atomic mass is 10.1. The van der Waals surface area contributed by atoms with Crippen molar-refractivity contribution in [1.29, 1.82) is 0 Å². The van der Waals surface area contributed by atoms with Crippen molar-refractivity contribution >= 4 is 10.0 Å². The molecular weight excluding hydrogens is 250 g/mol. The highest BCUT2D eigenvalue weighted by molar-refractivity contribution is 7.89. The zero-order valence-corrected chi connectivity index (χ0v) is 11.1. The highest BCUT2D eigenvalue weighted by Crippen LogP contribution is 2.43. The van der Waals surface area contributed by atoms with Gasteiger partial charge in [-0.3, -0.25) is 4.98 Å². The second-order valence-electron chi connectivity index (χ2n) is 4.92. The van der Waals surface area contributed by atoms with Gasteiger partial charge in [0.15, 0.2) is 0 Å². The molecule has 6 heteroatoms. The van der Waals surface area contributed by atoms with Crippen molar-refractivity contribution in [1.82, 2.24) is 9.71 Å². The molecule has 0 atom stereocenters. The molecule has 5 nitrogen and oxygen atoms in total. The Morgan fingerprint density at radius 1 is 1.39 bits per heavy atom. The molecule has 0 amide bonds. The monoisotopic (exact) mass is 269 g/mol. The number of rotatable bonds is 7.